The summed E-state index contributed by atoms with van der Waals surface area (Å²) in [6, 6.07) is 2.51. The first kappa shape index (κ1) is 38.1. The van der Waals surface area contributed by atoms with Crippen molar-refractivity contribution < 1.29 is 47.3 Å². The third kappa shape index (κ3) is 7.85. The summed E-state index contributed by atoms with van der Waals surface area (Å²) in [6.07, 6.45) is 4.64. The quantitative estimate of drug-likeness (QED) is 0.233. The van der Waals surface area contributed by atoms with Crippen molar-refractivity contribution in [2.45, 2.75) is 108 Å². The van der Waals surface area contributed by atoms with Crippen LogP contribution in [0.3, 0.4) is 0 Å². The van der Waals surface area contributed by atoms with Crippen LogP contribution in [0.1, 0.15) is 79.1 Å². The van der Waals surface area contributed by atoms with Crippen LogP contribution in [0.2, 0.25) is 0 Å². The first-order valence-electron chi connectivity index (χ1n) is 18.2. The van der Waals surface area contributed by atoms with E-state index in [4.69, 9.17) is 9.47 Å². The highest BCUT2D eigenvalue weighted by Gasteiger charge is 2.63. The molecule has 2 aliphatic heterocycles. The maximum Gasteiger partial charge on any atom is 0.405 e. The minimum Gasteiger partial charge on any atom is -0.494 e. The van der Waals surface area contributed by atoms with Crippen LogP contribution in [-0.2, 0) is 24.4 Å². The molecule has 1 saturated heterocycles. The molecule has 6 rings (SSSR count). The van der Waals surface area contributed by atoms with Gasteiger partial charge >= 0.3 is 6.09 Å². The van der Waals surface area contributed by atoms with Gasteiger partial charge in [-0.05, 0) is 76.3 Å². The molecule has 2 aliphatic carbocycles. The van der Waals surface area contributed by atoms with Crippen LogP contribution < -0.4 is 24.8 Å². The molecule has 0 spiro atoms. The molecular formula is C36H48N6O10S. The lowest BCUT2D eigenvalue weighted by Gasteiger charge is -2.33. The number of allylic oxidation sites excluding steroid dienone is 1. The number of amides is 4. The minimum atomic E-state index is -4.03. The van der Waals surface area contributed by atoms with E-state index >= 15 is 0 Å². The second-order valence-corrected chi connectivity index (χ2v) is 17.2. The smallest absolute Gasteiger partial charge is 0.405 e. The molecule has 53 heavy (non-hydrogen) atoms. The summed E-state index contributed by atoms with van der Waals surface area (Å²) in [4.78, 5) is 64.5. The second kappa shape index (κ2) is 14.6. The number of carboxylic acid groups (broad SMARTS) is 1. The highest BCUT2D eigenvalue weighted by atomic mass is 32.2. The molecule has 1 aromatic carbocycles. The molecule has 7 atom stereocenters. The number of ether oxygens (including phenoxy) is 2. The summed E-state index contributed by atoms with van der Waals surface area (Å²) in [6.45, 7) is 7.52. The minimum absolute atomic E-state index is 0.0974. The van der Waals surface area contributed by atoms with Crippen LogP contribution in [0.15, 0.2) is 30.4 Å². The molecule has 0 radical (unpaired) electrons. The molecule has 5 N–H and O–H groups in total. The van der Waals surface area contributed by atoms with Gasteiger partial charge in [-0.3, -0.25) is 19.1 Å². The van der Waals surface area contributed by atoms with Crippen LogP contribution in [-0.4, -0.2) is 98.9 Å². The Morgan fingerprint density at radius 1 is 1.13 bits per heavy atom. The SMILES string of the molecule is CCOc1ccc2nc(O)c(O[C@@H]3C[C@H]4C(=O)N[C@]5(C(=O)NS(=O)(=O)C6(C)CC6)C[C@H]5C=CCC[C@@H](C)C[C@@H](CC)[C@H](NC(=O)O)C(=O)N4C3)nc2c1. The molecule has 17 heteroatoms. The maximum absolute atomic E-state index is 14.5. The molecule has 4 amide bonds. The predicted molar refractivity (Wildman–Crippen MR) is 191 cm³/mol. The van der Waals surface area contributed by atoms with Gasteiger partial charge in [0.25, 0.3) is 17.7 Å². The number of rotatable bonds is 9. The first-order chi connectivity index (χ1) is 25.1. The molecule has 2 aromatic rings. The topological polar surface area (TPSA) is 226 Å². The van der Waals surface area contributed by atoms with Crippen molar-refractivity contribution in [3.05, 3.63) is 30.4 Å². The summed E-state index contributed by atoms with van der Waals surface area (Å²) in [5, 5.41) is 25.8. The van der Waals surface area contributed by atoms with E-state index in [2.05, 4.69) is 25.3 Å². The highest BCUT2D eigenvalue weighted by Crippen LogP contribution is 2.47. The number of hydrogen-bond donors (Lipinski definition) is 5. The summed E-state index contributed by atoms with van der Waals surface area (Å²) in [7, 11) is -4.03. The Morgan fingerprint density at radius 3 is 2.57 bits per heavy atom. The highest BCUT2D eigenvalue weighted by molar-refractivity contribution is 7.91. The number of sulfonamides is 1. The zero-order valence-electron chi connectivity index (χ0n) is 30.3. The summed E-state index contributed by atoms with van der Waals surface area (Å²) in [5.41, 5.74) is -0.841. The number of carbonyl (C=O) groups is 4. The number of aromatic nitrogens is 2. The van der Waals surface area contributed by atoms with Crippen molar-refractivity contribution in [3.63, 3.8) is 0 Å². The number of carbonyl (C=O) groups excluding carboxylic acids is 3. The van der Waals surface area contributed by atoms with Gasteiger partial charge in [0, 0.05) is 18.4 Å². The summed E-state index contributed by atoms with van der Waals surface area (Å²) >= 11 is 0. The number of aromatic hydroxyl groups is 1. The van der Waals surface area contributed by atoms with E-state index in [-0.39, 0.29) is 31.2 Å². The zero-order valence-corrected chi connectivity index (χ0v) is 31.1. The molecule has 2 saturated carbocycles. The van der Waals surface area contributed by atoms with Crippen molar-refractivity contribution in [3.8, 4) is 17.5 Å². The Labute approximate surface area is 308 Å². The fourth-order valence-electron chi connectivity index (χ4n) is 7.45. The summed E-state index contributed by atoms with van der Waals surface area (Å²) < 4.78 is 39.0. The number of hydrogen-bond acceptors (Lipinski definition) is 11. The fraction of sp³-hybridized carbons (Fsp3) is 0.611. The third-order valence-corrected chi connectivity index (χ3v) is 13.2. The first-order valence-corrected chi connectivity index (χ1v) is 19.7. The van der Waals surface area contributed by atoms with Gasteiger partial charge in [-0.15, -0.1) is 0 Å². The molecule has 0 bridgehead atoms. The predicted octanol–water partition coefficient (Wildman–Crippen LogP) is 2.99. The van der Waals surface area contributed by atoms with Crippen LogP contribution in [0.4, 0.5) is 4.79 Å². The summed E-state index contributed by atoms with van der Waals surface area (Å²) in [5.74, 6) is -3.25. The molecule has 3 heterocycles. The third-order valence-electron chi connectivity index (χ3n) is 11.1. The van der Waals surface area contributed by atoms with Gasteiger partial charge in [0.05, 0.1) is 28.9 Å². The fourth-order valence-corrected chi connectivity index (χ4v) is 8.76. The van der Waals surface area contributed by atoms with E-state index in [9.17, 15) is 37.8 Å². The largest absolute Gasteiger partial charge is 0.494 e. The van der Waals surface area contributed by atoms with E-state index in [0.717, 1.165) is 6.42 Å². The molecule has 1 aromatic heterocycles. The Balaban J connectivity index is 1.34. The Kier molecular flexibility index (Phi) is 10.5. The van der Waals surface area contributed by atoms with E-state index < -0.39 is 80.0 Å². The van der Waals surface area contributed by atoms with Crippen molar-refractivity contribution in [1.82, 2.24) is 30.2 Å². The van der Waals surface area contributed by atoms with E-state index in [1.807, 2.05) is 32.9 Å². The van der Waals surface area contributed by atoms with Gasteiger partial charge in [-0.25, -0.2) is 23.2 Å². The van der Waals surface area contributed by atoms with Crippen molar-refractivity contribution >= 4 is 44.9 Å². The maximum atomic E-state index is 14.5. The van der Waals surface area contributed by atoms with Crippen LogP contribution >= 0.6 is 0 Å². The number of fused-ring (bicyclic) bond motifs is 3. The van der Waals surface area contributed by atoms with Crippen molar-refractivity contribution in [2.75, 3.05) is 13.2 Å². The average Bonchev–Trinajstić information content (AvgIpc) is 3.98. The van der Waals surface area contributed by atoms with Gasteiger partial charge in [-0.1, -0.05) is 32.4 Å². The number of nitrogens with one attached hydrogen (secondary N) is 3. The van der Waals surface area contributed by atoms with Crippen LogP contribution in [0.25, 0.3) is 11.0 Å². The lowest BCUT2D eigenvalue weighted by molar-refractivity contribution is -0.142. The van der Waals surface area contributed by atoms with Crippen molar-refractivity contribution in [2.24, 2.45) is 17.8 Å². The van der Waals surface area contributed by atoms with Gasteiger partial charge in [0.15, 0.2) is 0 Å². The van der Waals surface area contributed by atoms with Crippen LogP contribution in [0.5, 0.6) is 17.5 Å². The Bertz CT molecular complexity index is 1920. The van der Waals surface area contributed by atoms with E-state index in [1.165, 1.54) is 4.90 Å². The van der Waals surface area contributed by atoms with Gasteiger partial charge in [0.2, 0.25) is 21.8 Å². The molecule has 4 aliphatic rings. The Morgan fingerprint density at radius 2 is 1.89 bits per heavy atom. The molecule has 288 valence electrons. The Hall–Kier alpha value is -4.67. The molecular weight excluding hydrogens is 708 g/mol. The second-order valence-electron chi connectivity index (χ2n) is 15.0. The van der Waals surface area contributed by atoms with Crippen LogP contribution in [0, 0.1) is 17.8 Å². The molecule has 16 nitrogen and oxygen atoms in total. The number of nitrogens with zero attached hydrogens (tertiary/aromatic N) is 3. The van der Waals surface area contributed by atoms with E-state index in [0.29, 0.717) is 55.5 Å². The van der Waals surface area contributed by atoms with E-state index in [1.54, 1.807) is 25.1 Å². The lowest BCUT2D eigenvalue weighted by atomic mass is 9.85. The standard InChI is InChI=1S/C36H48N6O10S/c1-5-21-15-20(3)9-7-8-10-22-18-36(22,33(46)41-53(49,50)35(4)13-14-35)40-29(43)27-17-24(19-42(27)32(45)28(21)39-34(47)48)52-31-30(44)37-25-12-11-23(51-6-2)16-26(25)38-31/h8,10-12,16,20-22,24,27-28,39H,5-7,9,13-15,17-19H2,1-4H3,(H,37,44)(H,40,43)(H,41,46)(H,47,48)/t20-,21-,22-,24-,27+,28+,36-/m1/s1. The number of benzene rings is 1. The monoisotopic (exact) mass is 756 g/mol. The normalized spacial score (nSPS) is 29.8. The molecule has 3 fully saturated rings. The van der Waals surface area contributed by atoms with Crippen molar-refractivity contribution in [1.29, 1.82) is 0 Å². The molecule has 0 unspecified atom stereocenters. The average molecular weight is 757 g/mol. The zero-order chi connectivity index (χ0) is 38.3. The van der Waals surface area contributed by atoms with Gasteiger partial charge < -0.3 is 35.2 Å². The van der Waals surface area contributed by atoms with Gasteiger partial charge in [0.1, 0.15) is 29.5 Å². The lowest BCUT2D eigenvalue weighted by Crippen LogP contribution is -2.59. The van der Waals surface area contributed by atoms with Gasteiger partial charge in [-0.2, -0.15) is 0 Å².